The molecule has 8 nitrogen and oxygen atoms in total. The number of aryl methyl sites for hydroxylation is 1. The SMILES string of the molecule is CCc1c(N2CCN[C@H]3CC[C@@H]32)c(=O)c2nc(Br)c(C)nc2n1CC(=O)Nc1ccc(C(F)(F)F)cc1F. The molecule has 0 radical (unpaired) electrons. The van der Waals surface area contributed by atoms with Gasteiger partial charge in [0, 0.05) is 30.9 Å². The Morgan fingerprint density at radius 3 is 2.66 bits per heavy atom. The lowest BCUT2D eigenvalue weighted by molar-refractivity contribution is -0.137. The fourth-order valence-corrected chi connectivity index (χ4v) is 5.45. The first-order valence-corrected chi connectivity index (χ1v) is 13.0. The number of hydrogen-bond donors (Lipinski definition) is 2. The summed E-state index contributed by atoms with van der Waals surface area (Å²) in [5, 5.41) is 5.82. The van der Waals surface area contributed by atoms with E-state index in [1.807, 2.05) is 6.92 Å². The van der Waals surface area contributed by atoms with E-state index in [1.54, 1.807) is 11.5 Å². The normalized spacial score (nSPS) is 19.3. The van der Waals surface area contributed by atoms with E-state index >= 15 is 0 Å². The van der Waals surface area contributed by atoms with Crippen molar-refractivity contribution in [1.82, 2.24) is 19.9 Å². The standard InChI is InChI=1S/C25H25BrF4N6O2/c1-3-17-21(35-9-8-31-16-6-7-18(16)35)22(38)20-24(32-12(2)23(26)34-20)36(17)11-19(37)33-15-5-4-13(10-14(15)27)25(28,29)30/h4-5,10,16,18,31H,3,6-9,11H2,1-2H3,(H,33,37)/t16-,18-/m0/s1. The largest absolute Gasteiger partial charge is 0.416 e. The molecule has 5 rings (SSSR count). The van der Waals surface area contributed by atoms with Crippen LogP contribution in [-0.4, -0.2) is 45.6 Å². The molecule has 0 unspecified atom stereocenters. The molecule has 1 amide bonds. The predicted octanol–water partition coefficient (Wildman–Crippen LogP) is 4.16. The van der Waals surface area contributed by atoms with Crippen LogP contribution < -0.4 is 21.0 Å². The van der Waals surface area contributed by atoms with Crippen molar-refractivity contribution in [2.24, 2.45) is 0 Å². The second kappa shape index (κ2) is 9.92. The molecule has 2 aromatic heterocycles. The Labute approximate surface area is 223 Å². The number of nitrogens with zero attached hydrogens (tertiary/aromatic N) is 4. The van der Waals surface area contributed by atoms with Crippen LogP contribution in [0.5, 0.6) is 0 Å². The third-order valence-corrected chi connectivity index (χ3v) is 7.92. The molecule has 0 spiro atoms. The fourth-order valence-electron chi connectivity index (χ4n) is 5.18. The molecule has 1 aromatic carbocycles. The Bertz CT molecular complexity index is 1490. The minimum absolute atomic E-state index is 0.0950. The Balaban J connectivity index is 1.58. The van der Waals surface area contributed by atoms with Gasteiger partial charge in [-0.3, -0.25) is 9.59 Å². The highest BCUT2D eigenvalue weighted by Gasteiger charge is 2.40. The average molecular weight is 597 g/mol. The van der Waals surface area contributed by atoms with E-state index in [4.69, 9.17) is 0 Å². The maximum atomic E-state index is 14.4. The number of alkyl halides is 3. The molecule has 0 bridgehead atoms. The van der Waals surface area contributed by atoms with Crippen molar-refractivity contribution in [2.45, 2.75) is 57.9 Å². The lowest BCUT2D eigenvalue weighted by Crippen LogP contribution is -2.64. The summed E-state index contributed by atoms with van der Waals surface area (Å²) >= 11 is 3.34. The van der Waals surface area contributed by atoms with Gasteiger partial charge in [-0.2, -0.15) is 13.2 Å². The van der Waals surface area contributed by atoms with Gasteiger partial charge >= 0.3 is 6.18 Å². The number of pyridine rings is 1. The van der Waals surface area contributed by atoms with E-state index in [0.717, 1.165) is 18.9 Å². The van der Waals surface area contributed by atoms with Gasteiger partial charge in [0.1, 0.15) is 22.7 Å². The van der Waals surface area contributed by atoms with Crippen molar-refractivity contribution in [3.05, 3.63) is 55.8 Å². The van der Waals surface area contributed by atoms with E-state index < -0.39 is 23.5 Å². The first-order valence-electron chi connectivity index (χ1n) is 12.3. The lowest BCUT2D eigenvalue weighted by atomic mass is 9.83. The molecule has 38 heavy (non-hydrogen) atoms. The summed E-state index contributed by atoms with van der Waals surface area (Å²) in [6.07, 6.45) is -2.37. The molecule has 2 N–H and O–H groups in total. The third-order valence-electron chi connectivity index (χ3n) is 7.17. The minimum atomic E-state index is -4.71. The van der Waals surface area contributed by atoms with Gasteiger partial charge in [-0.1, -0.05) is 6.92 Å². The summed E-state index contributed by atoms with van der Waals surface area (Å²) in [7, 11) is 0. The molecule has 1 saturated heterocycles. The fraction of sp³-hybridized carbons (Fsp3) is 0.440. The summed E-state index contributed by atoms with van der Waals surface area (Å²) in [4.78, 5) is 38.0. The zero-order valence-corrected chi connectivity index (χ0v) is 22.2. The van der Waals surface area contributed by atoms with Gasteiger partial charge in [-0.15, -0.1) is 0 Å². The molecular weight excluding hydrogens is 572 g/mol. The Morgan fingerprint density at radius 2 is 2.03 bits per heavy atom. The number of carbonyl (C=O) groups excluding carboxylic acids is 1. The molecule has 202 valence electrons. The molecule has 3 aromatic rings. The Kier molecular flexibility index (Phi) is 6.93. The Hall–Kier alpha value is -3.06. The molecule has 3 heterocycles. The summed E-state index contributed by atoms with van der Waals surface area (Å²) in [5.41, 5.74) is 0.0648. The average Bonchev–Trinajstić information content (AvgIpc) is 2.83. The zero-order chi connectivity index (χ0) is 27.4. The van der Waals surface area contributed by atoms with E-state index in [-0.39, 0.29) is 40.9 Å². The first-order chi connectivity index (χ1) is 18.0. The van der Waals surface area contributed by atoms with Gasteiger partial charge in [0.15, 0.2) is 11.2 Å². The van der Waals surface area contributed by atoms with Gasteiger partial charge in [-0.25, -0.2) is 14.4 Å². The van der Waals surface area contributed by atoms with Crippen molar-refractivity contribution < 1.29 is 22.4 Å². The van der Waals surface area contributed by atoms with Crippen LogP contribution in [0.4, 0.5) is 28.9 Å². The summed E-state index contributed by atoms with van der Waals surface area (Å²) in [6, 6.07) is 2.34. The number of benzene rings is 1. The van der Waals surface area contributed by atoms with Crippen LogP contribution in [0.25, 0.3) is 11.2 Å². The smallest absolute Gasteiger partial charge is 0.361 e. The number of amides is 1. The van der Waals surface area contributed by atoms with Crippen molar-refractivity contribution in [1.29, 1.82) is 0 Å². The molecule has 2 aliphatic rings. The lowest BCUT2D eigenvalue weighted by Gasteiger charge is -2.50. The van der Waals surface area contributed by atoms with Crippen molar-refractivity contribution >= 4 is 44.4 Å². The number of hydrogen-bond acceptors (Lipinski definition) is 6. The molecule has 1 aliphatic carbocycles. The topological polar surface area (TPSA) is 92.2 Å². The van der Waals surface area contributed by atoms with Gasteiger partial charge in [0.25, 0.3) is 0 Å². The number of carbonyl (C=O) groups is 1. The van der Waals surface area contributed by atoms with Crippen LogP contribution >= 0.6 is 15.9 Å². The molecule has 1 saturated carbocycles. The quantitative estimate of drug-likeness (QED) is 0.430. The monoisotopic (exact) mass is 596 g/mol. The highest BCUT2D eigenvalue weighted by atomic mass is 79.9. The third kappa shape index (κ3) is 4.66. The van der Waals surface area contributed by atoms with Crippen molar-refractivity contribution in [3.8, 4) is 0 Å². The maximum absolute atomic E-state index is 14.4. The van der Waals surface area contributed by atoms with E-state index in [0.29, 0.717) is 53.3 Å². The number of halogens is 5. The van der Waals surface area contributed by atoms with Gasteiger partial charge < -0.3 is 20.1 Å². The van der Waals surface area contributed by atoms with Crippen molar-refractivity contribution in [2.75, 3.05) is 23.3 Å². The Morgan fingerprint density at radius 1 is 1.26 bits per heavy atom. The number of aromatic nitrogens is 3. The number of nitrogens with one attached hydrogen (secondary N) is 2. The van der Waals surface area contributed by atoms with Gasteiger partial charge in [-0.05, 0) is 60.3 Å². The summed E-state index contributed by atoms with van der Waals surface area (Å²) in [5.74, 6) is -1.88. The van der Waals surface area contributed by atoms with Gasteiger partial charge in [0.05, 0.1) is 16.9 Å². The molecule has 2 fully saturated rings. The van der Waals surface area contributed by atoms with Crippen LogP contribution in [0.1, 0.15) is 36.7 Å². The molecule has 13 heteroatoms. The predicted molar refractivity (Wildman–Crippen MR) is 138 cm³/mol. The molecule has 2 atom stereocenters. The highest BCUT2D eigenvalue weighted by molar-refractivity contribution is 9.10. The number of fused-ring (bicyclic) bond motifs is 2. The summed E-state index contributed by atoms with van der Waals surface area (Å²) < 4.78 is 55.2. The zero-order valence-electron chi connectivity index (χ0n) is 20.6. The number of anilines is 2. The van der Waals surface area contributed by atoms with Crippen LogP contribution in [0.15, 0.2) is 27.6 Å². The van der Waals surface area contributed by atoms with E-state index in [2.05, 4.69) is 41.4 Å². The first kappa shape index (κ1) is 26.5. The van der Waals surface area contributed by atoms with Gasteiger partial charge in [0.2, 0.25) is 11.3 Å². The van der Waals surface area contributed by atoms with Crippen LogP contribution in [0.3, 0.4) is 0 Å². The second-order valence-electron chi connectivity index (χ2n) is 9.48. The molecule has 1 aliphatic heterocycles. The maximum Gasteiger partial charge on any atom is 0.416 e. The molecular formula is C25H25BrF4N6O2. The van der Waals surface area contributed by atoms with Crippen LogP contribution in [0.2, 0.25) is 0 Å². The number of piperazine rings is 1. The van der Waals surface area contributed by atoms with Crippen LogP contribution in [0, 0.1) is 12.7 Å². The van der Waals surface area contributed by atoms with E-state index in [1.165, 1.54) is 0 Å². The minimum Gasteiger partial charge on any atom is -0.361 e. The van der Waals surface area contributed by atoms with Crippen LogP contribution in [-0.2, 0) is 23.9 Å². The second-order valence-corrected chi connectivity index (χ2v) is 10.2. The number of rotatable bonds is 5. The van der Waals surface area contributed by atoms with Crippen molar-refractivity contribution in [3.63, 3.8) is 0 Å². The van der Waals surface area contributed by atoms with E-state index in [9.17, 15) is 27.2 Å². The summed E-state index contributed by atoms with van der Waals surface area (Å²) in [6.45, 7) is 4.55. The highest BCUT2D eigenvalue weighted by Crippen LogP contribution is 2.34.